The van der Waals surface area contributed by atoms with Gasteiger partial charge in [-0.25, -0.2) is 5.43 Å². The number of hydrazone groups is 1. The van der Waals surface area contributed by atoms with Gasteiger partial charge >= 0.3 is 0 Å². The maximum absolute atomic E-state index is 11.7. The summed E-state index contributed by atoms with van der Waals surface area (Å²) in [6.45, 7) is 1.90. The molecule has 0 fully saturated rings. The van der Waals surface area contributed by atoms with Crippen molar-refractivity contribution < 1.29 is 9.59 Å². The lowest BCUT2D eigenvalue weighted by Gasteiger charge is -2.07. The van der Waals surface area contributed by atoms with Gasteiger partial charge in [-0.05, 0) is 24.6 Å². The molecule has 20 heavy (non-hydrogen) atoms. The number of carbonyl (C=O) groups excluding carboxylic acids is 2. The van der Waals surface area contributed by atoms with Gasteiger partial charge in [0, 0.05) is 24.1 Å². The second kappa shape index (κ2) is 8.55. The fourth-order valence-electron chi connectivity index (χ4n) is 1.30. The molecule has 0 atom stereocenters. The van der Waals surface area contributed by atoms with Crippen LogP contribution in [0, 0.1) is 0 Å². The van der Waals surface area contributed by atoms with Crippen molar-refractivity contribution in [3.8, 4) is 0 Å². The first kappa shape index (κ1) is 16.5. The predicted molar refractivity (Wildman–Crippen MR) is 81.3 cm³/mol. The second-order valence-electron chi connectivity index (χ2n) is 3.93. The van der Waals surface area contributed by atoms with E-state index in [4.69, 9.17) is 23.2 Å². The van der Waals surface area contributed by atoms with Gasteiger partial charge in [0.25, 0.3) is 0 Å². The summed E-state index contributed by atoms with van der Waals surface area (Å²) in [4.78, 5) is 23.0. The highest BCUT2D eigenvalue weighted by Gasteiger charge is 2.08. The molecule has 108 valence electrons. The van der Waals surface area contributed by atoms with Crippen LogP contribution in [0.3, 0.4) is 0 Å². The third-order valence-electron chi connectivity index (χ3n) is 2.25. The number of halogens is 2. The van der Waals surface area contributed by atoms with E-state index in [1.807, 2.05) is 6.92 Å². The van der Waals surface area contributed by atoms with Gasteiger partial charge in [-0.3, -0.25) is 9.59 Å². The number of benzene rings is 1. The van der Waals surface area contributed by atoms with Crippen LogP contribution < -0.4 is 10.7 Å². The Labute approximate surface area is 127 Å². The Morgan fingerprint density at radius 2 is 1.95 bits per heavy atom. The number of rotatable bonds is 6. The van der Waals surface area contributed by atoms with E-state index in [0.717, 1.165) is 6.42 Å². The molecule has 0 saturated carbocycles. The van der Waals surface area contributed by atoms with Crippen molar-refractivity contribution in [2.45, 2.75) is 26.2 Å². The van der Waals surface area contributed by atoms with Crippen molar-refractivity contribution in [3.05, 3.63) is 28.2 Å². The molecule has 1 aromatic carbocycles. The van der Waals surface area contributed by atoms with E-state index in [1.165, 1.54) is 6.07 Å². The smallest absolute Gasteiger partial charge is 0.240 e. The lowest BCUT2D eigenvalue weighted by Crippen LogP contribution is -2.20. The highest BCUT2D eigenvalue weighted by atomic mass is 35.5. The molecule has 0 aliphatic rings. The van der Waals surface area contributed by atoms with Gasteiger partial charge < -0.3 is 5.32 Å². The van der Waals surface area contributed by atoms with Gasteiger partial charge in [0.1, 0.15) is 0 Å². The van der Waals surface area contributed by atoms with E-state index in [9.17, 15) is 9.59 Å². The van der Waals surface area contributed by atoms with Crippen LogP contribution in [0.1, 0.15) is 26.2 Å². The third-order valence-corrected chi connectivity index (χ3v) is 2.80. The van der Waals surface area contributed by atoms with Crippen LogP contribution in [0.15, 0.2) is 23.3 Å². The molecule has 0 bridgehead atoms. The SMILES string of the molecule is CCC=NNC(=O)CCC(=O)Nc1ccc(Cl)cc1Cl. The van der Waals surface area contributed by atoms with Crippen LogP contribution in [0.2, 0.25) is 10.0 Å². The number of nitrogens with one attached hydrogen (secondary N) is 2. The molecule has 0 saturated heterocycles. The van der Waals surface area contributed by atoms with Gasteiger partial charge in [0.2, 0.25) is 11.8 Å². The van der Waals surface area contributed by atoms with Gasteiger partial charge in [0.05, 0.1) is 10.7 Å². The molecule has 0 unspecified atom stereocenters. The first-order valence-corrected chi connectivity index (χ1v) is 6.83. The summed E-state index contributed by atoms with van der Waals surface area (Å²) in [6, 6.07) is 4.76. The number of hydrogen-bond donors (Lipinski definition) is 2. The fourth-order valence-corrected chi connectivity index (χ4v) is 1.75. The van der Waals surface area contributed by atoms with Gasteiger partial charge in [-0.15, -0.1) is 0 Å². The third kappa shape index (κ3) is 6.04. The van der Waals surface area contributed by atoms with Crippen LogP contribution in [0.25, 0.3) is 0 Å². The molecule has 5 nitrogen and oxygen atoms in total. The van der Waals surface area contributed by atoms with Crippen LogP contribution in [-0.2, 0) is 9.59 Å². The number of amides is 2. The largest absolute Gasteiger partial charge is 0.325 e. The zero-order valence-electron chi connectivity index (χ0n) is 11.0. The van der Waals surface area contributed by atoms with E-state index in [1.54, 1.807) is 18.3 Å². The standard InChI is InChI=1S/C13H15Cl2N3O2/c1-2-7-16-18-13(20)6-5-12(19)17-11-4-3-9(14)8-10(11)15/h3-4,7-8H,2,5-6H2,1H3,(H,17,19)(H,18,20). The van der Waals surface area contributed by atoms with Crippen LogP contribution in [-0.4, -0.2) is 18.0 Å². The van der Waals surface area contributed by atoms with E-state index in [0.29, 0.717) is 15.7 Å². The lowest BCUT2D eigenvalue weighted by molar-refractivity contribution is -0.124. The number of hydrogen-bond acceptors (Lipinski definition) is 3. The average molecular weight is 316 g/mol. The molecule has 2 amide bonds. The number of nitrogens with zero attached hydrogens (tertiary/aromatic N) is 1. The molecule has 2 N–H and O–H groups in total. The summed E-state index contributed by atoms with van der Waals surface area (Å²) in [5.41, 5.74) is 2.79. The number of anilines is 1. The van der Waals surface area contributed by atoms with Crippen molar-refractivity contribution in [2.24, 2.45) is 5.10 Å². The summed E-state index contributed by atoms with van der Waals surface area (Å²) in [5.74, 6) is -0.615. The monoisotopic (exact) mass is 315 g/mol. The molecule has 0 aromatic heterocycles. The molecule has 7 heteroatoms. The summed E-state index contributed by atoms with van der Waals surface area (Å²) < 4.78 is 0. The molecule has 1 aromatic rings. The topological polar surface area (TPSA) is 70.6 Å². The first-order valence-electron chi connectivity index (χ1n) is 6.08. The van der Waals surface area contributed by atoms with Gasteiger partial charge in [-0.2, -0.15) is 5.10 Å². The van der Waals surface area contributed by atoms with E-state index < -0.39 is 0 Å². The molecular formula is C13H15Cl2N3O2. The molecule has 1 rings (SSSR count). The summed E-state index contributed by atoms with van der Waals surface area (Å²) in [6.07, 6.45) is 2.41. The summed E-state index contributed by atoms with van der Waals surface area (Å²) in [5, 5.41) is 7.13. The molecular weight excluding hydrogens is 301 g/mol. The lowest BCUT2D eigenvalue weighted by atomic mass is 10.2. The molecule has 0 aliphatic carbocycles. The minimum atomic E-state index is -0.313. The minimum absolute atomic E-state index is 0.0480. The van der Waals surface area contributed by atoms with Gasteiger partial charge in [-0.1, -0.05) is 30.1 Å². The molecule has 0 radical (unpaired) electrons. The maximum Gasteiger partial charge on any atom is 0.240 e. The maximum atomic E-state index is 11.7. The highest BCUT2D eigenvalue weighted by molar-refractivity contribution is 6.36. The van der Waals surface area contributed by atoms with Crippen LogP contribution in [0.4, 0.5) is 5.69 Å². The van der Waals surface area contributed by atoms with Crippen molar-refractivity contribution in [1.82, 2.24) is 5.43 Å². The minimum Gasteiger partial charge on any atom is -0.325 e. The van der Waals surface area contributed by atoms with E-state index in [-0.39, 0.29) is 24.7 Å². The van der Waals surface area contributed by atoms with Crippen molar-refractivity contribution in [3.63, 3.8) is 0 Å². The zero-order valence-corrected chi connectivity index (χ0v) is 12.5. The molecule has 0 spiro atoms. The average Bonchev–Trinajstić information content (AvgIpc) is 2.40. The quantitative estimate of drug-likeness (QED) is 0.625. The first-order chi connectivity index (χ1) is 9.52. The van der Waals surface area contributed by atoms with E-state index >= 15 is 0 Å². The Morgan fingerprint density at radius 3 is 2.60 bits per heavy atom. The second-order valence-corrected chi connectivity index (χ2v) is 4.77. The number of carbonyl (C=O) groups is 2. The predicted octanol–water partition coefficient (Wildman–Crippen LogP) is 3.22. The summed E-state index contributed by atoms with van der Waals surface area (Å²) in [7, 11) is 0. The Kier molecular flexibility index (Phi) is 7.04. The Hall–Kier alpha value is -1.59. The van der Waals surface area contributed by atoms with Gasteiger partial charge in [0.15, 0.2) is 0 Å². The Morgan fingerprint density at radius 1 is 1.25 bits per heavy atom. The van der Waals surface area contributed by atoms with Crippen molar-refractivity contribution >= 4 is 46.9 Å². The van der Waals surface area contributed by atoms with Crippen molar-refractivity contribution in [2.75, 3.05) is 5.32 Å². The fraction of sp³-hybridized carbons (Fsp3) is 0.308. The Balaban J connectivity index is 2.40. The highest BCUT2D eigenvalue weighted by Crippen LogP contribution is 2.25. The van der Waals surface area contributed by atoms with Crippen LogP contribution in [0.5, 0.6) is 0 Å². The molecule has 0 heterocycles. The molecule has 0 aliphatic heterocycles. The van der Waals surface area contributed by atoms with E-state index in [2.05, 4.69) is 15.8 Å². The van der Waals surface area contributed by atoms with Crippen LogP contribution >= 0.6 is 23.2 Å². The summed E-state index contributed by atoms with van der Waals surface area (Å²) >= 11 is 11.7. The van der Waals surface area contributed by atoms with Crippen molar-refractivity contribution in [1.29, 1.82) is 0 Å². The zero-order chi connectivity index (χ0) is 15.0. The Bertz CT molecular complexity index is 518. The normalized spacial score (nSPS) is 10.6.